The number of benzene rings is 1. The highest BCUT2D eigenvalue weighted by molar-refractivity contribution is 9.10. The smallest absolute Gasteiger partial charge is 0.157 e. The third-order valence-electron chi connectivity index (χ3n) is 2.30. The Morgan fingerprint density at radius 2 is 2.24 bits per heavy atom. The number of ether oxygens (including phenoxy) is 2. The fourth-order valence-electron chi connectivity index (χ4n) is 1.44. The van der Waals surface area contributed by atoms with Crippen LogP contribution in [0, 0.1) is 0 Å². The first kappa shape index (κ1) is 12.0. The van der Waals surface area contributed by atoms with Gasteiger partial charge in [-0.05, 0) is 33.6 Å². The van der Waals surface area contributed by atoms with Crippen molar-refractivity contribution in [2.75, 3.05) is 7.11 Å². The topological polar surface area (TPSA) is 36.3 Å². The van der Waals surface area contributed by atoms with Gasteiger partial charge in [-0.2, -0.15) is 5.10 Å². The van der Waals surface area contributed by atoms with E-state index in [1.54, 1.807) is 18.0 Å². The summed E-state index contributed by atoms with van der Waals surface area (Å²) >= 11 is 3.44. The van der Waals surface area contributed by atoms with Gasteiger partial charge in [0.1, 0.15) is 12.4 Å². The lowest BCUT2D eigenvalue weighted by atomic mass is 10.2. The molecular formula is C12H13BrN2O2. The molecule has 2 aromatic rings. The Balaban J connectivity index is 2.02. The van der Waals surface area contributed by atoms with E-state index in [1.807, 2.05) is 31.4 Å². The lowest BCUT2D eigenvalue weighted by Crippen LogP contribution is -1.95. The van der Waals surface area contributed by atoms with Crippen LogP contribution >= 0.6 is 15.9 Å². The molecule has 0 saturated carbocycles. The molecule has 0 radical (unpaired) electrons. The summed E-state index contributed by atoms with van der Waals surface area (Å²) < 4.78 is 13.4. The summed E-state index contributed by atoms with van der Waals surface area (Å²) in [5, 5.41) is 4.04. The maximum absolute atomic E-state index is 5.60. The van der Waals surface area contributed by atoms with Crippen molar-refractivity contribution in [1.82, 2.24) is 9.78 Å². The van der Waals surface area contributed by atoms with E-state index in [0.29, 0.717) is 6.61 Å². The second-order valence-corrected chi connectivity index (χ2v) is 4.46. The zero-order valence-electron chi connectivity index (χ0n) is 9.68. The quantitative estimate of drug-likeness (QED) is 0.870. The first-order valence-electron chi connectivity index (χ1n) is 5.13. The average molecular weight is 297 g/mol. The highest BCUT2D eigenvalue weighted by Crippen LogP contribution is 2.26. The minimum atomic E-state index is 0.508. The van der Waals surface area contributed by atoms with Crippen molar-refractivity contribution in [2.45, 2.75) is 6.61 Å². The summed E-state index contributed by atoms with van der Waals surface area (Å²) in [6, 6.07) is 5.86. The average Bonchev–Trinajstić information content (AvgIpc) is 2.73. The second-order valence-electron chi connectivity index (χ2n) is 3.61. The van der Waals surface area contributed by atoms with Crippen LogP contribution in [-0.2, 0) is 13.7 Å². The van der Waals surface area contributed by atoms with Crippen molar-refractivity contribution >= 4 is 15.9 Å². The van der Waals surface area contributed by atoms with Gasteiger partial charge in [-0.1, -0.05) is 6.07 Å². The van der Waals surface area contributed by atoms with Crippen molar-refractivity contribution in [1.29, 1.82) is 0 Å². The molecule has 0 spiro atoms. The summed E-state index contributed by atoms with van der Waals surface area (Å²) in [6.45, 7) is 0.508. The Morgan fingerprint density at radius 3 is 2.82 bits per heavy atom. The van der Waals surface area contributed by atoms with Gasteiger partial charge in [0, 0.05) is 7.05 Å². The van der Waals surface area contributed by atoms with E-state index in [4.69, 9.17) is 9.47 Å². The zero-order valence-corrected chi connectivity index (χ0v) is 11.3. The molecule has 0 saturated heterocycles. The second kappa shape index (κ2) is 5.23. The van der Waals surface area contributed by atoms with Crippen LogP contribution in [0.3, 0.4) is 0 Å². The molecule has 0 aliphatic carbocycles. The van der Waals surface area contributed by atoms with Gasteiger partial charge in [0.25, 0.3) is 0 Å². The van der Waals surface area contributed by atoms with Gasteiger partial charge in [0.15, 0.2) is 5.75 Å². The highest BCUT2D eigenvalue weighted by Gasteiger charge is 2.03. The Morgan fingerprint density at radius 1 is 1.41 bits per heavy atom. The number of hydrogen-bond acceptors (Lipinski definition) is 3. The van der Waals surface area contributed by atoms with Crippen LogP contribution in [0.5, 0.6) is 11.5 Å². The maximum Gasteiger partial charge on any atom is 0.157 e. The molecule has 0 atom stereocenters. The van der Waals surface area contributed by atoms with Gasteiger partial charge in [0.05, 0.1) is 24.0 Å². The van der Waals surface area contributed by atoms with Crippen molar-refractivity contribution in [3.8, 4) is 11.5 Å². The predicted octanol–water partition coefficient (Wildman–Crippen LogP) is 2.77. The number of rotatable bonds is 4. The number of aromatic nitrogens is 2. The number of aryl methyl sites for hydroxylation is 1. The van der Waals surface area contributed by atoms with Gasteiger partial charge >= 0.3 is 0 Å². The van der Waals surface area contributed by atoms with Gasteiger partial charge in [-0.15, -0.1) is 0 Å². The van der Waals surface area contributed by atoms with E-state index < -0.39 is 0 Å². The predicted molar refractivity (Wildman–Crippen MR) is 68.2 cm³/mol. The van der Waals surface area contributed by atoms with E-state index in [1.165, 1.54) is 0 Å². The van der Waals surface area contributed by atoms with Gasteiger partial charge < -0.3 is 9.47 Å². The van der Waals surface area contributed by atoms with Crippen LogP contribution in [0.25, 0.3) is 0 Å². The van der Waals surface area contributed by atoms with Crippen LogP contribution in [-0.4, -0.2) is 16.9 Å². The molecule has 90 valence electrons. The molecule has 1 heterocycles. The first-order chi connectivity index (χ1) is 8.19. The molecule has 17 heavy (non-hydrogen) atoms. The minimum Gasteiger partial charge on any atom is -0.496 e. The summed E-state index contributed by atoms with van der Waals surface area (Å²) in [7, 11) is 3.50. The first-order valence-corrected chi connectivity index (χ1v) is 5.92. The fourth-order valence-corrected chi connectivity index (χ4v) is 2.03. The van der Waals surface area contributed by atoms with E-state index in [-0.39, 0.29) is 0 Å². The fraction of sp³-hybridized carbons (Fsp3) is 0.250. The Kier molecular flexibility index (Phi) is 3.68. The molecule has 1 aromatic heterocycles. The van der Waals surface area contributed by atoms with E-state index in [0.717, 1.165) is 21.5 Å². The number of halogens is 1. The number of nitrogens with zero attached hydrogens (tertiary/aromatic N) is 2. The molecule has 4 nitrogen and oxygen atoms in total. The molecule has 0 amide bonds. The van der Waals surface area contributed by atoms with Gasteiger partial charge in [0.2, 0.25) is 0 Å². The molecule has 0 N–H and O–H groups in total. The molecule has 0 fully saturated rings. The normalized spacial score (nSPS) is 10.3. The van der Waals surface area contributed by atoms with Crippen molar-refractivity contribution < 1.29 is 9.47 Å². The Labute approximate surface area is 108 Å². The summed E-state index contributed by atoms with van der Waals surface area (Å²) in [5.41, 5.74) is 1.07. The van der Waals surface area contributed by atoms with Crippen molar-refractivity contribution in [2.24, 2.45) is 7.05 Å². The molecule has 2 rings (SSSR count). The van der Waals surface area contributed by atoms with E-state index >= 15 is 0 Å². The van der Waals surface area contributed by atoms with Crippen LogP contribution in [0.1, 0.15) is 5.56 Å². The third kappa shape index (κ3) is 3.00. The summed E-state index contributed by atoms with van der Waals surface area (Å²) in [6.07, 6.45) is 3.52. The van der Waals surface area contributed by atoms with Gasteiger partial charge in [-0.3, -0.25) is 4.68 Å². The highest BCUT2D eigenvalue weighted by atomic mass is 79.9. The Hall–Kier alpha value is -1.49. The SMILES string of the molecule is COc1ccc(COc2cnn(C)c2)cc1Br. The van der Waals surface area contributed by atoms with Crippen LogP contribution in [0.2, 0.25) is 0 Å². The number of methoxy groups -OCH3 is 1. The largest absolute Gasteiger partial charge is 0.496 e. The molecule has 0 bridgehead atoms. The zero-order chi connectivity index (χ0) is 12.3. The van der Waals surface area contributed by atoms with Gasteiger partial charge in [-0.25, -0.2) is 0 Å². The van der Waals surface area contributed by atoms with E-state index in [2.05, 4.69) is 21.0 Å². The van der Waals surface area contributed by atoms with Crippen LogP contribution in [0.4, 0.5) is 0 Å². The minimum absolute atomic E-state index is 0.508. The van der Waals surface area contributed by atoms with E-state index in [9.17, 15) is 0 Å². The lowest BCUT2D eigenvalue weighted by Gasteiger charge is -2.07. The number of hydrogen-bond donors (Lipinski definition) is 0. The summed E-state index contributed by atoms with van der Waals surface area (Å²) in [4.78, 5) is 0. The molecular weight excluding hydrogens is 284 g/mol. The molecule has 0 aliphatic heterocycles. The van der Waals surface area contributed by atoms with Crippen LogP contribution in [0.15, 0.2) is 35.1 Å². The third-order valence-corrected chi connectivity index (χ3v) is 2.92. The standard InChI is InChI=1S/C12H13BrN2O2/c1-15-7-10(6-14-15)17-8-9-3-4-12(16-2)11(13)5-9/h3-7H,8H2,1-2H3. The lowest BCUT2D eigenvalue weighted by molar-refractivity contribution is 0.305. The molecule has 5 heteroatoms. The Bertz CT molecular complexity index is 511. The van der Waals surface area contributed by atoms with Crippen molar-refractivity contribution in [3.05, 3.63) is 40.6 Å². The van der Waals surface area contributed by atoms with Crippen LogP contribution < -0.4 is 9.47 Å². The molecule has 1 aromatic carbocycles. The maximum atomic E-state index is 5.60. The summed E-state index contributed by atoms with van der Waals surface area (Å²) in [5.74, 6) is 1.58. The molecule has 0 aliphatic rings. The monoisotopic (exact) mass is 296 g/mol. The molecule has 0 unspecified atom stereocenters. The van der Waals surface area contributed by atoms with Crippen molar-refractivity contribution in [3.63, 3.8) is 0 Å².